The summed E-state index contributed by atoms with van der Waals surface area (Å²) < 4.78 is 151. The summed E-state index contributed by atoms with van der Waals surface area (Å²) in [5, 5.41) is 25.6. The minimum atomic E-state index is -4.79. The Hall–Kier alpha value is -5.87. The van der Waals surface area contributed by atoms with Crippen molar-refractivity contribution in [3.05, 3.63) is 81.8 Å². The third-order valence-corrected chi connectivity index (χ3v) is 22.6. The Balaban J connectivity index is 0.877. The predicted octanol–water partition coefficient (Wildman–Crippen LogP) is 8.85. The van der Waals surface area contributed by atoms with Crippen molar-refractivity contribution in [2.75, 3.05) is 123 Å². The molecular formula is C66H88F7N13O9S3. The van der Waals surface area contributed by atoms with E-state index >= 15 is 9.59 Å². The smallest absolute Gasteiger partial charge is 0.417 e. The van der Waals surface area contributed by atoms with Crippen LogP contribution in [0.3, 0.4) is 0 Å². The number of benzene rings is 2. The molecule has 98 heavy (non-hydrogen) atoms. The average Bonchev–Trinajstić information content (AvgIpc) is 1.60. The normalized spacial score (nSPS) is 19.4. The highest BCUT2D eigenvalue weighted by molar-refractivity contribution is 8.00. The number of aliphatic hydroxyl groups is 1. The summed E-state index contributed by atoms with van der Waals surface area (Å²) in [5.41, 5.74) is 0.719. The summed E-state index contributed by atoms with van der Waals surface area (Å²) in [6, 6.07) is 7.45. The number of hydrogen-bond acceptors (Lipinski definition) is 18. The van der Waals surface area contributed by atoms with Gasteiger partial charge >= 0.3 is 18.4 Å². The fourth-order valence-electron chi connectivity index (χ4n) is 13.9. The third-order valence-electron chi connectivity index (χ3n) is 19.3. The Morgan fingerprint density at radius 1 is 0.704 bits per heavy atom. The fraction of sp³-hybridized carbons (Fsp3) is 0.652. The lowest BCUT2D eigenvalue weighted by atomic mass is 9.96. The number of fused-ring (bicyclic) bond motifs is 2. The monoisotopic (exact) mass is 1440 g/mol. The second-order valence-corrected chi connectivity index (χ2v) is 31.6. The topological polar surface area (TPSA) is 221 Å². The zero-order chi connectivity index (χ0) is 69.8. The van der Waals surface area contributed by atoms with E-state index in [1.807, 2.05) is 0 Å². The van der Waals surface area contributed by atoms with Crippen LogP contribution in [0.2, 0.25) is 0 Å². The number of carbonyl (C=O) groups excluding carboxylic acids is 3. The standard InChI is InChI=1S/C66H88F7N13O9S3/c1-43-74-62(95-77-43)44-13-21-80(22-14-44)37-49(38-86-55-18-26-83(98(5,91)92)40-51(55)61(76-86)46-10-12-53(66(71,72)73)57(34-46)97-42-59(89)81-27-30-93-31-28-81)94-63(90)84(64(2,3)4)41-58(88)82-25-17-54-50(39-82)60(75-85(54)36-48(87)35-79-19-7-6-8-20-79)45-9-11-52(65(68,69)70)56(33-45)96-32-29-78-23-15-47(67)16-24-78/h9-12,33-34,44,47-49,87H,6-8,13-32,35-42H2,1-5H3. The van der Waals surface area contributed by atoms with Crippen LogP contribution in [-0.4, -0.2) is 241 Å². The molecule has 3 amide bonds. The molecule has 9 heterocycles. The Bertz CT molecular complexity index is 3720. The summed E-state index contributed by atoms with van der Waals surface area (Å²) >= 11 is 1.81. The molecule has 2 atom stereocenters. The highest BCUT2D eigenvalue weighted by Crippen LogP contribution is 2.43. The van der Waals surface area contributed by atoms with Gasteiger partial charge in [0.1, 0.15) is 18.8 Å². The van der Waals surface area contributed by atoms with Gasteiger partial charge in [-0.2, -0.15) is 45.8 Å². The first-order valence-electron chi connectivity index (χ1n) is 33.7. The first-order valence-corrected chi connectivity index (χ1v) is 37.6. The molecule has 1 N–H and O–H groups in total. The van der Waals surface area contributed by atoms with Crippen LogP contribution in [0.1, 0.15) is 117 Å². The molecule has 5 aromatic rings. The molecular weight excluding hydrogens is 1350 g/mol. The molecule has 0 spiro atoms. The van der Waals surface area contributed by atoms with Crippen molar-refractivity contribution < 1.29 is 72.6 Å². The number of β-amino-alcohol motifs (C(OH)–C–C–N with tert-alkyl or cyclic N) is 1. The van der Waals surface area contributed by atoms with Gasteiger partial charge in [0, 0.05) is 145 Å². The number of thioether (sulfide) groups is 2. The molecule has 4 fully saturated rings. The lowest BCUT2D eigenvalue weighted by Crippen LogP contribution is -2.53. The van der Waals surface area contributed by atoms with Crippen LogP contribution in [0.4, 0.5) is 35.5 Å². The number of morpholine rings is 1. The lowest BCUT2D eigenvalue weighted by molar-refractivity contribution is -0.140. The highest BCUT2D eigenvalue weighted by atomic mass is 32.2. The Kier molecular flexibility index (Phi) is 23.3. The molecule has 0 bridgehead atoms. The number of amides is 3. The van der Waals surface area contributed by atoms with Crippen molar-refractivity contribution in [3.63, 3.8) is 0 Å². The Morgan fingerprint density at radius 3 is 1.88 bits per heavy atom. The van der Waals surface area contributed by atoms with Gasteiger partial charge in [-0.1, -0.05) is 23.7 Å². The number of rotatable bonds is 22. The quantitative estimate of drug-likeness (QED) is 0.0505. The molecule has 538 valence electrons. The zero-order valence-corrected chi connectivity index (χ0v) is 58.5. The number of likely N-dealkylation sites (tertiary alicyclic amines) is 3. The Labute approximate surface area is 575 Å². The Morgan fingerprint density at radius 2 is 1.29 bits per heavy atom. The van der Waals surface area contributed by atoms with Crippen molar-refractivity contribution in [1.82, 2.24) is 63.4 Å². The van der Waals surface area contributed by atoms with Crippen LogP contribution in [0.15, 0.2) is 50.7 Å². The van der Waals surface area contributed by atoms with E-state index in [1.165, 1.54) is 33.5 Å². The summed E-state index contributed by atoms with van der Waals surface area (Å²) in [4.78, 5) is 58.7. The molecule has 11 rings (SSSR count). The maximum Gasteiger partial charge on any atom is 0.417 e. The van der Waals surface area contributed by atoms with Gasteiger partial charge in [-0.3, -0.25) is 28.8 Å². The number of hydrogen-bond donors (Lipinski definition) is 1. The molecule has 22 nitrogen and oxygen atoms in total. The molecule has 32 heteroatoms. The molecule has 6 aliphatic heterocycles. The van der Waals surface area contributed by atoms with Gasteiger partial charge in [0.25, 0.3) is 0 Å². The third kappa shape index (κ3) is 18.2. The molecule has 0 saturated carbocycles. The lowest BCUT2D eigenvalue weighted by Gasteiger charge is -2.38. The van der Waals surface area contributed by atoms with Gasteiger partial charge in [0.15, 0.2) is 5.82 Å². The number of aryl methyl sites for hydroxylation is 1. The maximum absolute atomic E-state index is 15.2. The number of aliphatic hydroxyl groups excluding tert-OH is 1. The SMILES string of the molecule is Cc1noc(C2CCN(CC(Cn3nc(-c4ccc(C(F)(F)F)c(SCC(=O)N5CCOCC5)c4)c4c3CCN(S(C)(=O)=O)C4)OC(=O)N(CC(=O)N3CCc4c(c(-c5ccc(C(F)(F)F)c(SCCN6CCC(F)CC6)c5)nn4CC(O)CN4CCCCC4)C3)C(C)(C)C)CC2)n1. The van der Waals surface area contributed by atoms with E-state index in [0.29, 0.717) is 137 Å². The van der Waals surface area contributed by atoms with E-state index in [4.69, 9.17) is 24.2 Å². The van der Waals surface area contributed by atoms with Crippen molar-refractivity contribution in [2.24, 2.45) is 0 Å². The van der Waals surface area contributed by atoms with Crippen LogP contribution >= 0.6 is 23.5 Å². The van der Waals surface area contributed by atoms with Crippen LogP contribution in [0, 0.1) is 6.92 Å². The van der Waals surface area contributed by atoms with E-state index in [2.05, 4.69) is 24.8 Å². The van der Waals surface area contributed by atoms with Crippen LogP contribution in [0.25, 0.3) is 22.5 Å². The van der Waals surface area contributed by atoms with Gasteiger partial charge in [0.2, 0.25) is 27.7 Å². The van der Waals surface area contributed by atoms with E-state index in [9.17, 15) is 49.1 Å². The predicted molar refractivity (Wildman–Crippen MR) is 353 cm³/mol. The van der Waals surface area contributed by atoms with E-state index < -0.39 is 76.0 Å². The van der Waals surface area contributed by atoms with Crippen molar-refractivity contribution in [3.8, 4) is 22.5 Å². The number of alkyl halides is 7. The van der Waals surface area contributed by atoms with Crippen molar-refractivity contribution >= 4 is 51.5 Å². The van der Waals surface area contributed by atoms with Gasteiger partial charge in [-0.15, -0.1) is 23.5 Å². The van der Waals surface area contributed by atoms with Gasteiger partial charge in [-0.05, 0) is 117 Å². The number of piperidine rings is 3. The van der Waals surface area contributed by atoms with Gasteiger partial charge in [-0.25, -0.2) is 17.6 Å². The second-order valence-electron chi connectivity index (χ2n) is 27.4. The van der Waals surface area contributed by atoms with Crippen LogP contribution in [-0.2, 0) is 80.5 Å². The van der Waals surface area contributed by atoms with Gasteiger partial charge < -0.3 is 38.7 Å². The van der Waals surface area contributed by atoms with E-state index in [1.54, 1.807) is 46.9 Å². The summed E-state index contributed by atoms with van der Waals surface area (Å²) in [5.74, 6) is 0.212. The molecule has 0 aliphatic carbocycles. The number of nitrogens with zero attached hydrogens (tertiary/aromatic N) is 13. The molecule has 3 aromatic heterocycles. The maximum atomic E-state index is 15.2. The molecule has 4 saturated heterocycles. The summed E-state index contributed by atoms with van der Waals surface area (Å²) in [6.07, 6.45) is -6.43. The van der Waals surface area contributed by atoms with Gasteiger partial charge in [0.05, 0.1) is 66.9 Å². The number of aromatic nitrogens is 6. The minimum Gasteiger partial charge on any atom is -0.443 e. The van der Waals surface area contributed by atoms with E-state index in [0.717, 1.165) is 80.0 Å². The minimum absolute atomic E-state index is 0.00211. The number of halogens is 7. The molecule has 2 unspecified atom stereocenters. The first kappa shape index (κ1) is 73.4. The zero-order valence-electron chi connectivity index (χ0n) is 56.1. The first-order chi connectivity index (χ1) is 46.5. The fourth-order valence-corrected chi connectivity index (χ4v) is 16.8. The van der Waals surface area contributed by atoms with E-state index in [-0.39, 0.29) is 97.3 Å². The summed E-state index contributed by atoms with van der Waals surface area (Å²) in [7, 11) is -3.79. The largest absolute Gasteiger partial charge is 0.443 e. The molecule has 2 aromatic carbocycles. The number of ether oxygens (including phenoxy) is 2. The van der Waals surface area contributed by atoms with Crippen molar-refractivity contribution in [1.29, 1.82) is 0 Å². The van der Waals surface area contributed by atoms with Crippen LogP contribution in [0.5, 0.6) is 0 Å². The summed E-state index contributed by atoms with van der Waals surface area (Å²) in [6.45, 7) is 12.6. The number of sulfonamides is 1. The highest BCUT2D eigenvalue weighted by Gasteiger charge is 2.41. The van der Waals surface area contributed by atoms with Crippen LogP contribution < -0.4 is 0 Å². The molecule has 6 aliphatic rings. The molecule has 0 radical (unpaired) electrons. The second kappa shape index (κ2) is 31.2. The average molecular weight is 1440 g/mol. The van der Waals surface area contributed by atoms with Crippen molar-refractivity contribution in [2.45, 2.75) is 164 Å². The number of carbonyl (C=O) groups is 3.